The molecule has 0 aliphatic heterocycles. The van der Waals surface area contributed by atoms with E-state index in [9.17, 15) is 9.59 Å². The molecule has 0 aromatic heterocycles. The fraction of sp³-hybridized carbons (Fsp3) is 0.417. The number of nitrogens with one attached hydrogen (secondary N) is 3. The zero-order valence-electron chi connectivity index (χ0n) is 18.3. The average molecular weight is 444 g/mol. The van der Waals surface area contributed by atoms with Crippen molar-refractivity contribution in [1.29, 1.82) is 0 Å². The van der Waals surface area contributed by atoms with Crippen LogP contribution in [-0.2, 0) is 4.79 Å². The van der Waals surface area contributed by atoms with Crippen molar-refractivity contribution in [2.24, 2.45) is 0 Å². The van der Waals surface area contributed by atoms with Crippen LogP contribution in [0.1, 0.15) is 53.6 Å². The molecule has 2 amide bonds. The Hall–Kier alpha value is -2.73. The quantitative estimate of drug-likeness (QED) is 0.557. The van der Waals surface area contributed by atoms with E-state index in [-0.39, 0.29) is 24.4 Å². The number of aryl methyl sites for hydroxylation is 2. The Bertz CT molecular complexity index is 955. The van der Waals surface area contributed by atoms with Gasteiger partial charge in [-0.25, -0.2) is 0 Å². The molecule has 0 saturated heterocycles. The standard InChI is InChI=1S/C24H30ClN3O3/c1-15-12-21(22(31-3)13-19(15)25)28-23(29)14-26-20-10-9-17(11-16(20)2)24(30)27-18-7-5-4-6-8-18/h9-13,18,26H,4-8,14H2,1-3H3,(H,27,30)(H,28,29). The first-order valence-electron chi connectivity index (χ1n) is 10.7. The normalized spacial score (nSPS) is 14.1. The number of halogens is 1. The molecule has 1 saturated carbocycles. The average Bonchev–Trinajstić information content (AvgIpc) is 2.76. The van der Waals surface area contributed by atoms with Crippen LogP contribution in [0.5, 0.6) is 5.75 Å². The second-order valence-corrected chi connectivity index (χ2v) is 8.45. The third-order valence-electron chi connectivity index (χ3n) is 5.62. The van der Waals surface area contributed by atoms with Gasteiger partial charge in [-0.1, -0.05) is 30.9 Å². The van der Waals surface area contributed by atoms with E-state index in [1.54, 1.807) is 18.2 Å². The Morgan fingerprint density at radius 3 is 2.45 bits per heavy atom. The molecule has 1 aliphatic rings. The van der Waals surface area contributed by atoms with E-state index in [1.165, 1.54) is 26.4 Å². The zero-order valence-corrected chi connectivity index (χ0v) is 19.1. The number of carbonyl (C=O) groups is 2. The Balaban J connectivity index is 1.57. The minimum atomic E-state index is -0.210. The molecule has 0 radical (unpaired) electrons. The summed E-state index contributed by atoms with van der Waals surface area (Å²) in [7, 11) is 1.53. The molecular formula is C24H30ClN3O3. The largest absolute Gasteiger partial charge is 0.495 e. The molecule has 3 N–H and O–H groups in total. The Kier molecular flexibility index (Phi) is 7.80. The number of carbonyl (C=O) groups excluding carboxylic acids is 2. The number of amides is 2. The Labute approximate surface area is 188 Å². The summed E-state index contributed by atoms with van der Waals surface area (Å²) in [5, 5.41) is 9.69. The topological polar surface area (TPSA) is 79.5 Å². The first kappa shape index (κ1) is 22.9. The molecule has 0 bridgehead atoms. The van der Waals surface area contributed by atoms with Gasteiger partial charge in [-0.15, -0.1) is 0 Å². The maximum Gasteiger partial charge on any atom is 0.251 e. The lowest BCUT2D eigenvalue weighted by Crippen LogP contribution is -2.36. The number of benzene rings is 2. The smallest absolute Gasteiger partial charge is 0.251 e. The van der Waals surface area contributed by atoms with Gasteiger partial charge >= 0.3 is 0 Å². The number of methoxy groups -OCH3 is 1. The van der Waals surface area contributed by atoms with Crippen LogP contribution in [0.15, 0.2) is 30.3 Å². The van der Waals surface area contributed by atoms with Crippen molar-refractivity contribution < 1.29 is 14.3 Å². The molecule has 0 unspecified atom stereocenters. The van der Waals surface area contributed by atoms with Gasteiger partial charge in [0.1, 0.15) is 5.75 Å². The number of anilines is 2. The lowest BCUT2D eigenvalue weighted by Gasteiger charge is -2.23. The van der Waals surface area contributed by atoms with E-state index in [2.05, 4.69) is 16.0 Å². The summed E-state index contributed by atoms with van der Waals surface area (Å²) < 4.78 is 5.30. The second-order valence-electron chi connectivity index (χ2n) is 8.04. The Morgan fingerprint density at radius 1 is 1.03 bits per heavy atom. The highest BCUT2D eigenvalue weighted by molar-refractivity contribution is 6.31. The van der Waals surface area contributed by atoms with Crippen LogP contribution >= 0.6 is 11.6 Å². The third kappa shape index (κ3) is 6.14. The highest BCUT2D eigenvalue weighted by atomic mass is 35.5. The highest BCUT2D eigenvalue weighted by Gasteiger charge is 2.17. The van der Waals surface area contributed by atoms with Crippen molar-refractivity contribution in [3.8, 4) is 5.75 Å². The molecule has 3 rings (SSSR count). The maximum absolute atomic E-state index is 12.5. The maximum atomic E-state index is 12.5. The first-order valence-corrected chi connectivity index (χ1v) is 11.0. The van der Waals surface area contributed by atoms with Gasteiger partial charge in [0.2, 0.25) is 5.91 Å². The van der Waals surface area contributed by atoms with Gasteiger partial charge in [0.05, 0.1) is 19.3 Å². The van der Waals surface area contributed by atoms with Crippen LogP contribution < -0.4 is 20.7 Å². The molecule has 31 heavy (non-hydrogen) atoms. The minimum absolute atomic E-state index is 0.0375. The summed E-state index contributed by atoms with van der Waals surface area (Å²) in [5.41, 5.74) is 3.78. The van der Waals surface area contributed by atoms with E-state index in [0.29, 0.717) is 22.0 Å². The Morgan fingerprint density at radius 2 is 1.77 bits per heavy atom. The van der Waals surface area contributed by atoms with Crippen LogP contribution in [0.3, 0.4) is 0 Å². The lowest BCUT2D eigenvalue weighted by atomic mass is 9.95. The predicted octanol–water partition coefficient (Wildman–Crippen LogP) is 5.08. The van der Waals surface area contributed by atoms with Gasteiger partial charge < -0.3 is 20.7 Å². The first-order chi connectivity index (χ1) is 14.9. The van der Waals surface area contributed by atoms with Crippen molar-refractivity contribution in [3.05, 3.63) is 52.0 Å². The van der Waals surface area contributed by atoms with Gasteiger partial charge in [-0.2, -0.15) is 0 Å². The number of rotatable bonds is 7. The number of hydrogen-bond acceptors (Lipinski definition) is 4. The fourth-order valence-electron chi connectivity index (χ4n) is 3.82. The van der Waals surface area contributed by atoms with Gasteiger partial charge in [0.25, 0.3) is 5.91 Å². The third-order valence-corrected chi connectivity index (χ3v) is 6.03. The number of ether oxygens (including phenoxy) is 1. The van der Waals surface area contributed by atoms with E-state index >= 15 is 0 Å². The molecule has 6 nitrogen and oxygen atoms in total. The molecule has 1 fully saturated rings. The summed E-state index contributed by atoms with van der Waals surface area (Å²) in [4.78, 5) is 25.0. The van der Waals surface area contributed by atoms with Crippen LogP contribution in [0.2, 0.25) is 5.02 Å². The van der Waals surface area contributed by atoms with Crippen LogP contribution in [0.4, 0.5) is 11.4 Å². The van der Waals surface area contributed by atoms with E-state index in [1.807, 2.05) is 26.0 Å². The van der Waals surface area contributed by atoms with Crippen molar-refractivity contribution in [1.82, 2.24) is 5.32 Å². The second kappa shape index (κ2) is 10.5. The summed E-state index contributed by atoms with van der Waals surface area (Å²) in [6.07, 6.45) is 5.71. The van der Waals surface area contributed by atoms with Crippen LogP contribution in [0.25, 0.3) is 0 Å². The van der Waals surface area contributed by atoms with E-state index in [4.69, 9.17) is 16.3 Å². The van der Waals surface area contributed by atoms with Crippen LogP contribution in [0, 0.1) is 13.8 Å². The van der Waals surface area contributed by atoms with Crippen molar-refractivity contribution >= 4 is 34.8 Å². The monoisotopic (exact) mass is 443 g/mol. The molecule has 2 aromatic rings. The molecule has 7 heteroatoms. The molecular weight excluding hydrogens is 414 g/mol. The van der Waals surface area contributed by atoms with Crippen molar-refractivity contribution in [3.63, 3.8) is 0 Å². The molecule has 0 spiro atoms. The molecule has 2 aromatic carbocycles. The SMILES string of the molecule is COc1cc(Cl)c(C)cc1NC(=O)CNc1ccc(C(=O)NC2CCCCC2)cc1C. The predicted molar refractivity (Wildman–Crippen MR) is 125 cm³/mol. The minimum Gasteiger partial charge on any atom is -0.495 e. The molecule has 0 heterocycles. The van der Waals surface area contributed by atoms with E-state index in [0.717, 1.165) is 29.7 Å². The van der Waals surface area contributed by atoms with Gasteiger partial charge in [-0.3, -0.25) is 9.59 Å². The van der Waals surface area contributed by atoms with Crippen LogP contribution in [-0.4, -0.2) is 31.5 Å². The van der Waals surface area contributed by atoms with Crippen molar-refractivity contribution in [2.45, 2.75) is 52.0 Å². The number of hydrogen-bond donors (Lipinski definition) is 3. The molecule has 166 valence electrons. The molecule has 1 aliphatic carbocycles. The summed E-state index contributed by atoms with van der Waals surface area (Å²) >= 11 is 6.12. The van der Waals surface area contributed by atoms with Gasteiger partial charge in [0, 0.05) is 28.4 Å². The highest BCUT2D eigenvalue weighted by Crippen LogP contribution is 2.31. The van der Waals surface area contributed by atoms with Crippen molar-refractivity contribution in [2.75, 3.05) is 24.3 Å². The van der Waals surface area contributed by atoms with E-state index < -0.39 is 0 Å². The molecule has 0 atom stereocenters. The zero-order chi connectivity index (χ0) is 22.4. The summed E-state index contributed by atoms with van der Waals surface area (Å²) in [6.45, 7) is 3.87. The van der Waals surface area contributed by atoms with Gasteiger partial charge in [0.15, 0.2) is 0 Å². The lowest BCUT2D eigenvalue weighted by molar-refractivity contribution is -0.114. The van der Waals surface area contributed by atoms with Gasteiger partial charge in [-0.05, 0) is 62.1 Å². The summed E-state index contributed by atoms with van der Waals surface area (Å²) in [5.74, 6) is 0.261. The summed E-state index contributed by atoms with van der Waals surface area (Å²) in [6, 6.07) is 9.22. The fourth-order valence-corrected chi connectivity index (χ4v) is 3.97.